The topological polar surface area (TPSA) is 123 Å². The number of aliphatic carboxylic acids is 1. The molecule has 2 atom stereocenters. The molecule has 152 valence electrons. The van der Waals surface area contributed by atoms with Crippen molar-refractivity contribution >= 4 is 11.9 Å². The first-order valence-corrected chi connectivity index (χ1v) is 9.07. The SMILES string of the molecule is CC(C)(CO)[C@@H](O)C(=O)NCCC(=O)O.CN1CCCC1c1cccnc1. The van der Waals surface area contributed by atoms with E-state index < -0.39 is 23.4 Å². The molecule has 27 heavy (non-hydrogen) atoms. The molecular formula is C19H31N3O5. The summed E-state index contributed by atoms with van der Waals surface area (Å²) in [6, 6.07) is 4.79. The van der Waals surface area contributed by atoms with Crippen LogP contribution < -0.4 is 5.32 Å². The number of carboxylic acids is 1. The second-order valence-electron chi connectivity index (χ2n) is 7.41. The number of hydrogen-bond donors (Lipinski definition) is 4. The Balaban J connectivity index is 0.000000274. The number of aliphatic hydroxyl groups excluding tert-OH is 2. The summed E-state index contributed by atoms with van der Waals surface area (Å²) >= 11 is 0. The van der Waals surface area contributed by atoms with Crippen molar-refractivity contribution in [3.05, 3.63) is 30.1 Å². The van der Waals surface area contributed by atoms with Crippen LogP contribution in [0.1, 0.15) is 44.7 Å². The van der Waals surface area contributed by atoms with Crippen molar-refractivity contribution in [1.29, 1.82) is 0 Å². The van der Waals surface area contributed by atoms with E-state index in [4.69, 9.17) is 10.2 Å². The normalized spacial score (nSPS) is 18.3. The molecule has 0 bridgehead atoms. The summed E-state index contributed by atoms with van der Waals surface area (Å²) in [4.78, 5) is 28.0. The number of likely N-dealkylation sites (tertiary alicyclic amines) is 1. The van der Waals surface area contributed by atoms with Gasteiger partial charge in [0, 0.05) is 30.4 Å². The highest BCUT2D eigenvalue weighted by Gasteiger charge is 2.32. The molecule has 1 aromatic heterocycles. The molecule has 2 heterocycles. The van der Waals surface area contributed by atoms with E-state index in [1.54, 1.807) is 0 Å². The molecule has 0 aliphatic carbocycles. The van der Waals surface area contributed by atoms with Gasteiger partial charge in [0.15, 0.2) is 0 Å². The summed E-state index contributed by atoms with van der Waals surface area (Å²) in [5.41, 5.74) is 0.422. The van der Waals surface area contributed by atoms with E-state index in [0.717, 1.165) is 0 Å². The number of carbonyl (C=O) groups excluding carboxylic acids is 1. The molecule has 1 amide bonds. The highest BCUT2D eigenvalue weighted by molar-refractivity contribution is 5.81. The lowest BCUT2D eigenvalue weighted by Gasteiger charge is -2.26. The van der Waals surface area contributed by atoms with Gasteiger partial charge in [-0.2, -0.15) is 0 Å². The van der Waals surface area contributed by atoms with Crippen LogP contribution in [0.2, 0.25) is 0 Å². The molecule has 1 aromatic rings. The standard InChI is InChI=1S/C10H14N2.C9H17NO5/c1-12-7-3-5-10(12)9-4-2-6-11-8-9;1-9(2,5-11)7(14)8(15)10-4-3-6(12)13/h2,4,6,8,10H,3,5,7H2,1H3;7,11,14H,3-5H2,1-2H3,(H,10,15)(H,12,13)/t;7-/m.0/s1. The molecule has 1 fully saturated rings. The minimum absolute atomic E-state index is 0.0350. The van der Waals surface area contributed by atoms with E-state index in [2.05, 4.69) is 28.3 Å². The Morgan fingerprint density at radius 1 is 1.44 bits per heavy atom. The Bertz CT molecular complexity index is 594. The summed E-state index contributed by atoms with van der Waals surface area (Å²) in [6.07, 6.45) is 4.86. The minimum Gasteiger partial charge on any atom is -0.481 e. The van der Waals surface area contributed by atoms with Crippen LogP contribution in [0.25, 0.3) is 0 Å². The third-order valence-electron chi connectivity index (χ3n) is 4.62. The number of nitrogens with zero attached hydrogens (tertiary/aromatic N) is 2. The van der Waals surface area contributed by atoms with Gasteiger partial charge in [-0.05, 0) is 38.1 Å². The van der Waals surface area contributed by atoms with Crippen LogP contribution >= 0.6 is 0 Å². The van der Waals surface area contributed by atoms with Gasteiger partial charge in [-0.1, -0.05) is 19.9 Å². The van der Waals surface area contributed by atoms with Crippen LogP contribution in [0.5, 0.6) is 0 Å². The quantitative estimate of drug-likeness (QED) is 0.551. The summed E-state index contributed by atoms with van der Waals surface area (Å²) in [7, 11) is 2.19. The van der Waals surface area contributed by atoms with Gasteiger partial charge < -0.3 is 20.6 Å². The molecule has 0 saturated carbocycles. The van der Waals surface area contributed by atoms with Gasteiger partial charge in [0.2, 0.25) is 5.91 Å². The van der Waals surface area contributed by atoms with Gasteiger partial charge in [0.1, 0.15) is 6.10 Å². The van der Waals surface area contributed by atoms with Crippen LogP contribution in [0, 0.1) is 5.41 Å². The summed E-state index contributed by atoms with van der Waals surface area (Å²) in [5, 5.41) is 29.0. The maximum absolute atomic E-state index is 11.3. The van der Waals surface area contributed by atoms with E-state index in [9.17, 15) is 14.7 Å². The van der Waals surface area contributed by atoms with E-state index in [0.29, 0.717) is 6.04 Å². The molecule has 4 N–H and O–H groups in total. The van der Waals surface area contributed by atoms with Crippen molar-refractivity contribution in [2.24, 2.45) is 5.41 Å². The number of carbonyl (C=O) groups is 2. The Hall–Kier alpha value is -2.03. The molecule has 8 nitrogen and oxygen atoms in total. The maximum atomic E-state index is 11.3. The van der Waals surface area contributed by atoms with Gasteiger partial charge in [-0.3, -0.25) is 19.5 Å². The van der Waals surface area contributed by atoms with Crippen LogP contribution in [0.3, 0.4) is 0 Å². The number of pyridine rings is 1. The molecule has 1 saturated heterocycles. The average Bonchev–Trinajstić information content (AvgIpc) is 3.08. The predicted molar refractivity (Wildman–Crippen MR) is 101 cm³/mol. The molecule has 1 aliphatic heterocycles. The second-order valence-corrected chi connectivity index (χ2v) is 7.41. The summed E-state index contributed by atoms with van der Waals surface area (Å²) in [6.45, 7) is 3.93. The average molecular weight is 381 g/mol. The lowest BCUT2D eigenvalue weighted by atomic mass is 9.87. The van der Waals surface area contributed by atoms with Crippen LogP contribution in [0.4, 0.5) is 0 Å². The first-order chi connectivity index (χ1) is 12.7. The van der Waals surface area contributed by atoms with Gasteiger partial charge in [0.25, 0.3) is 0 Å². The molecule has 0 spiro atoms. The van der Waals surface area contributed by atoms with Crippen molar-refractivity contribution in [2.45, 2.75) is 45.3 Å². The largest absolute Gasteiger partial charge is 0.481 e. The summed E-state index contributed by atoms with van der Waals surface area (Å²) in [5.74, 6) is -1.69. The molecule has 8 heteroatoms. The van der Waals surface area contributed by atoms with Crippen LogP contribution in [0.15, 0.2) is 24.5 Å². The number of hydrogen-bond acceptors (Lipinski definition) is 6. The van der Waals surface area contributed by atoms with Gasteiger partial charge in [-0.15, -0.1) is 0 Å². The molecule has 2 rings (SSSR count). The Morgan fingerprint density at radius 2 is 2.15 bits per heavy atom. The molecule has 1 unspecified atom stereocenters. The minimum atomic E-state index is -1.35. The predicted octanol–water partition coefficient (Wildman–Crippen LogP) is 0.805. The summed E-state index contributed by atoms with van der Waals surface area (Å²) < 4.78 is 0. The van der Waals surface area contributed by atoms with Crippen molar-refractivity contribution in [2.75, 3.05) is 26.7 Å². The van der Waals surface area contributed by atoms with Gasteiger partial charge in [-0.25, -0.2) is 0 Å². The third-order valence-corrected chi connectivity index (χ3v) is 4.62. The Morgan fingerprint density at radius 3 is 2.63 bits per heavy atom. The number of rotatable bonds is 7. The van der Waals surface area contributed by atoms with Crippen molar-refractivity contribution in [1.82, 2.24) is 15.2 Å². The van der Waals surface area contributed by atoms with Crippen LogP contribution in [-0.4, -0.2) is 69.9 Å². The van der Waals surface area contributed by atoms with Crippen molar-refractivity contribution in [3.63, 3.8) is 0 Å². The fourth-order valence-electron chi connectivity index (χ4n) is 2.74. The number of aromatic nitrogens is 1. The first kappa shape index (κ1) is 23.0. The number of carboxylic acid groups (broad SMARTS) is 1. The van der Waals surface area contributed by atoms with Crippen LogP contribution in [-0.2, 0) is 9.59 Å². The van der Waals surface area contributed by atoms with E-state index in [1.807, 2.05) is 18.5 Å². The molecular weight excluding hydrogens is 350 g/mol. The van der Waals surface area contributed by atoms with Crippen molar-refractivity contribution < 1.29 is 24.9 Å². The Kier molecular flexibility index (Phi) is 9.34. The van der Waals surface area contributed by atoms with E-state index >= 15 is 0 Å². The van der Waals surface area contributed by atoms with Gasteiger partial charge >= 0.3 is 5.97 Å². The Labute approximate surface area is 160 Å². The number of aliphatic hydroxyl groups is 2. The van der Waals surface area contributed by atoms with E-state index in [1.165, 1.54) is 38.8 Å². The zero-order valence-corrected chi connectivity index (χ0v) is 16.3. The second kappa shape index (κ2) is 11.0. The van der Waals surface area contributed by atoms with E-state index in [-0.39, 0.29) is 19.6 Å². The highest BCUT2D eigenvalue weighted by atomic mass is 16.4. The highest BCUT2D eigenvalue weighted by Crippen LogP contribution is 2.29. The molecule has 0 aromatic carbocycles. The maximum Gasteiger partial charge on any atom is 0.305 e. The monoisotopic (exact) mass is 381 g/mol. The first-order valence-electron chi connectivity index (χ1n) is 9.07. The fraction of sp³-hybridized carbons (Fsp3) is 0.632. The lowest BCUT2D eigenvalue weighted by Crippen LogP contribution is -2.45. The smallest absolute Gasteiger partial charge is 0.305 e. The lowest BCUT2D eigenvalue weighted by molar-refractivity contribution is -0.138. The number of amides is 1. The zero-order valence-electron chi connectivity index (χ0n) is 16.3. The molecule has 1 aliphatic rings. The number of nitrogens with one attached hydrogen (secondary N) is 1. The molecule has 0 radical (unpaired) electrons. The van der Waals surface area contributed by atoms with Gasteiger partial charge in [0.05, 0.1) is 13.0 Å². The van der Waals surface area contributed by atoms with Crippen molar-refractivity contribution in [3.8, 4) is 0 Å². The zero-order chi connectivity index (χ0) is 20.4. The third kappa shape index (κ3) is 7.62. The fourth-order valence-corrected chi connectivity index (χ4v) is 2.74.